The number of hydrogen-bond acceptors (Lipinski definition) is 6. The Hall–Kier alpha value is -1.05. The van der Waals surface area contributed by atoms with Gasteiger partial charge in [0.15, 0.2) is 0 Å². The van der Waals surface area contributed by atoms with Crippen LogP contribution in [0.3, 0.4) is 0 Å². The van der Waals surface area contributed by atoms with Gasteiger partial charge in [0, 0.05) is 10.3 Å². The molecule has 1 atom stereocenters. The largest absolute Gasteiger partial charge is 0.740 e. The van der Waals surface area contributed by atoms with Gasteiger partial charge in [-0.3, -0.25) is 4.79 Å². The van der Waals surface area contributed by atoms with Gasteiger partial charge in [-0.1, -0.05) is 0 Å². The van der Waals surface area contributed by atoms with Crippen molar-refractivity contribution in [2.75, 3.05) is 5.75 Å². The van der Waals surface area contributed by atoms with E-state index in [1.807, 2.05) is 0 Å². The van der Waals surface area contributed by atoms with Crippen LogP contribution in [0, 0.1) is 23.2 Å². The predicted octanol–water partition coefficient (Wildman–Crippen LogP) is 4.49. The van der Waals surface area contributed by atoms with E-state index in [0.29, 0.717) is 0 Å². The highest BCUT2D eigenvalue weighted by Crippen LogP contribution is 2.64. The first kappa shape index (κ1) is 20.2. The Balaban J connectivity index is 1.34. The molecule has 28 heavy (non-hydrogen) atoms. The Morgan fingerprint density at radius 2 is 1.68 bits per heavy atom. The molecule has 0 amide bonds. The average molecular weight is 424 g/mol. The smallest absolute Gasteiger partial charge is 0.316 e. The molecule has 0 aliphatic heterocycles. The van der Waals surface area contributed by atoms with Gasteiger partial charge in [0.2, 0.25) is 0 Å². The van der Waals surface area contributed by atoms with Gasteiger partial charge >= 0.3 is 5.97 Å². The molecule has 0 N–H and O–H groups in total. The summed E-state index contributed by atoms with van der Waals surface area (Å²) in [6, 6.07) is 6.63. The summed E-state index contributed by atoms with van der Waals surface area (Å²) in [5.41, 5.74) is -0.286. The fraction of sp³-hybridized carbons (Fsp3) is 0.667. The molecule has 5 nitrogen and oxygen atoms in total. The van der Waals surface area contributed by atoms with E-state index in [2.05, 4.69) is 18.0 Å². The van der Waals surface area contributed by atoms with Crippen molar-refractivity contribution in [1.82, 2.24) is 0 Å². The van der Waals surface area contributed by atoms with Gasteiger partial charge in [0.1, 0.15) is 22.7 Å². The molecule has 5 rings (SSSR count). The number of ether oxygens (including phenoxy) is 1. The Labute approximate surface area is 173 Å². The lowest BCUT2D eigenvalue weighted by Gasteiger charge is -2.61. The van der Waals surface area contributed by atoms with Crippen molar-refractivity contribution in [2.24, 2.45) is 23.2 Å². The number of rotatable bonds is 7. The number of hydrogen-bond donors (Lipinski definition) is 0. The first-order chi connectivity index (χ1) is 13.2. The Morgan fingerprint density at radius 3 is 2.18 bits per heavy atom. The van der Waals surface area contributed by atoms with Gasteiger partial charge in [0.25, 0.3) is 0 Å². The van der Waals surface area contributed by atoms with Gasteiger partial charge in [-0.2, -0.15) is 0 Å². The molecule has 7 heteroatoms. The summed E-state index contributed by atoms with van der Waals surface area (Å²) in [5, 5.41) is 0. The van der Waals surface area contributed by atoms with Crippen LogP contribution in [0.25, 0.3) is 0 Å². The molecular weight excluding hydrogens is 396 g/mol. The Bertz CT molecular complexity index is 723. The summed E-state index contributed by atoms with van der Waals surface area (Å²) in [4.78, 5) is 13.5. The quantitative estimate of drug-likeness (QED) is 0.365. The van der Waals surface area contributed by atoms with Crippen molar-refractivity contribution >= 4 is 29.1 Å². The molecule has 1 unspecified atom stereocenters. The van der Waals surface area contributed by atoms with Crippen LogP contribution >= 0.6 is 11.8 Å². The number of esters is 1. The molecule has 154 valence electrons. The molecule has 4 aliphatic carbocycles. The van der Waals surface area contributed by atoms with Crippen molar-refractivity contribution in [2.45, 2.75) is 62.9 Å². The minimum absolute atomic E-state index is 0.148. The maximum Gasteiger partial charge on any atom is 0.316 e. The van der Waals surface area contributed by atoms with Gasteiger partial charge in [-0.25, -0.2) is 4.21 Å². The van der Waals surface area contributed by atoms with Crippen molar-refractivity contribution < 1.29 is 22.5 Å². The van der Waals surface area contributed by atoms with Crippen molar-refractivity contribution in [3.05, 3.63) is 24.3 Å². The number of thioether (sulfide) groups is 1. The highest BCUT2D eigenvalue weighted by Gasteiger charge is 2.58. The molecule has 0 saturated heterocycles. The number of carbonyl (C=O) groups is 1. The average Bonchev–Trinajstić information content (AvgIpc) is 2.59. The molecule has 1 aromatic carbocycles. The summed E-state index contributed by atoms with van der Waals surface area (Å²) < 4.78 is 31.7. The van der Waals surface area contributed by atoms with Crippen molar-refractivity contribution in [1.29, 1.82) is 0 Å². The van der Waals surface area contributed by atoms with Crippen LogP contribution in [0.5, 0.6) is 5.75 Å². The minimum Gasteiger partial charge on any atom is -0.740 e. The fourth-order valence-electron chi connectivity index (χ4n) is 6.08. The van der Waals surface area contributed by atoms with Crippen LogP contribution in [-0.4, -0.2) is 26.1 Å². The van der Waals surface area contributed by atoms with E-state index in [1.54, 1.807) is 24.3 Å². The van der Waals surface area contributed by atoms with E-state index in [0.717, 1.165) is 22.6 Å². The van der Waals surface area contributed by atoms with Crippen LogP contribution in [0.1, 0.15) is 52.4 Å². The first-order valence-electron chi connectivity index (χ1n) is 9.97. The van der Waals surface area contributed by atoms with Gasteiger partial charge in [-0.15, -0.1) is 11.8 Å². The van der Waals surface area contributed by atoms with Crippen LogP contribution in [-0.2, 0) is 20.9 Å². The zero-order valence-electron chi connectivity index (χ0n) is 16.3. The van der Waals surface area contributed by atoms with E-state index < -0.39 is 17.0 Å². The molecule has 4 bridgehead atoms. The van der Waals surface area contributed by atoms with E-state index in [1.165, 1.54) is 50.3 Å². The highest BCUT2D eigenvalue weighted by molar-refractivity contribution is 8.00. The van der Waals surface area contributed by atoms with Crippen LogP contribution < -0.4 is 4.18 Å². The Kier molecular flexibility index (Phi) is 5.53. The highest BCUT2D eigenvalue weighted by atomic mass is 32.2. The lowest BCUT2D eigenvalue weighted by atomic mass is 9.46. The minimum atomic E-state index is -2.58. The monoisotopic (exact) mass is 423 g/mol. The lowest BCUT2D eigenvalue weighted by molar-refractivity contribution is -0.196. The maximum atomic E-state index is 12.6. The summed E-state index contributed by atoms with van der Waals surface area (Å²) in [5.74, 6) is 2.77. The number of carbonyl (C=O) groups excluding carboxylic acids is 1. The first-order valence-corrected chi connectivity index (χ1v) is 12.0. The lowest BCUT2D eigenvalue weighted by Crippen LogP contribution is -2.57. The Morgan fingerprint density at radius 1 is 1.14 bits per heavy atom. The van der Waals surface area contributed by atoms with Crippen LogP contribution in [0.4, 0.5) is 0 Å². The second-order valence-electron chi connectivity index (χ2n) is 9.23. The van der Waals surface area contributed by atoms with Crippen molar-refractivity contribution in [3.63, 3.8) is 0 Å². The summed E-state index contributed by atoms with van der Waals surface area (Å²) in [7, 11) is 0. The molecule has 4 saturated carbocycles. The van der Waals surface area contributed by atoms with Gasteiger partial charge < -0.3 is 13.5 Å². The van der Waals surface area contributed by atoms with Crippen molar-refractivity contribution in [3.8, 4) is 5.75 Å². The summed E-state index contributed by atoms with van der Waals surface area (Å²) in [6.45, 7) is 4.22. The van der Waals surface area contributed by atoms with Crippen LogP contribution in [0.15, 0.2) is 29.2 Å². The second-order valence-corrected chi connectivity index (χ2v) is 10.9. The van der Waals surface area contributed by atoms with Crippen LogP contribution in [0.2, 0.25) is 0 Å². The number of benzene rings is 1. The molecular formula is C21H27O5S2-. The van der Waals surface area contributed by atoms with E-state index in [-0.39, 0.29) is 22.9 Å². The molecule has 4 fully saturated rings. The standard InChI is InChI=1S/C21H28O5S2/c1-20(2,21-10-14-7-15(11-21)9-16(8-14)12-21)25-19(22)13-27-18-5-3-17(4-6-18)26-28(23)24/h3-6,14-16H,7-13H2,1-2H3,(H,23,24)/p-1. The third-order valence-corrected chi connectivity index (χ3v) is 8.34. The van der Waals surface area contributed by atoms with E-state index >= 15 is 0 Å². The van der Waals surface area contributed by atoms with Gasteiger partial charge in [-0.05, 0) is 94.4 Å². The molecule has 4 aliphatic rings. The molecule has 0 heterocycles. The zero-order valence-corrected chi connectivity index (χ0v) is 18.0. The van der Waals surface area contributed by atoms with Gasteiger partial charge in [0.05, 0.1) is 5.75 Å². The summed E-state index contributed by atoms with van der Waals surface area (Å²) >= 11 is -1.19. The molecule has 0 spiro atoms. The predicted molar refractivity (Wildman–Crippen MR) is 107 cm³/mol. The third-order valence-electron chi connectivity index (χ3n) is 7.03. The van der Waals surface area contributed by atoms with E-state index in [4.69, 9.17) is 4.74 Å². The normalized spacial score (nSPS) is 32.2. The molecule has 0 radical (unpaired) electrons. The maximum absolute atomic E-state index is 12.6. The molecule has 1 aromatic rings. The second kappa shape index (κ2) is 7.65. The van der Waals surface area contributed by atoms with E-state index in [9.17, 15) is 13.6 Å². The third kappa shape index (κ3) is 4.12. The molecule has 0 aromatic heterocycles. The fourth-order valence-corrected chi connectivity index (χ4v) is 7.02. The SMILES string of the molecule is CC(C)(OC(=O)CSc1ccc(OS(=O)[O-])cc1)C12CC3CC(CC(C3)C1)C2. The topological polar surface area (TPSA) is 75.7 Å². The summed E-state index contributed by atoms with van der Waals surface area (Å²) in [6.07, 6.45) is 7.73. The zero-order chi connectivity index (χ0) is 19.9.